The second-order valence-electron chi connectivity index (χ2n) is 5.70. The SMILES string of the molecule is O=C(O)C1CCCCC(C2CCCCCC2)N1. The lowest BCUT2D eigenvalue weighted by Crippen LogP contribution is -2.45. The lowest BCUT2D eigenvalue weighted by Gasteiger charge is -2.28. The Hall–Kier alpha value is -0.570. The van der Waals surface area contributed by atoms with Gasteiger partial charge in [-0.15, -0.1) is 0 Å². The van der Waals surface area contributed by atoms with Crippen molar-refractivity contribution in [3.63, 3.8) is 0 Å². The molecule has 17 heavy (non-hydrogen) atoms. The molecule has 1 aliphatic carbocycles. The number of carboxylic acid groups (broad SMARTS) is 1. The second-order valence-corrected chi connectivity index (χ2v) is 5.70. The van der Waals surface area contributed by atoms with Gasteiger partial charge in [0.25, 0.3) is 0 Å². The smallest absolute Gasteiger partial charge is 0.320 e. The Morgan fingerprint density at radius 1 is 0.882 bits per heavy atom. The zero-order chi connectivity index (χ0) is 12.1. The van der Waals surface area contributed by atoms with E-state index in [2.05, 4.69) is 5.32 Å². The van der Waals surface area contributed by atoms with E-state index < -0.39 is 5.97 Å². The van der Waals surface area contributed by atoms with Crippen LogP contribution < -0.4 is 5.32 Å². The van der Waals surface area contributed by atoms with E-state index in [1.165, 1.54) is 51.4 Å². The summed E-state index contributed by atoms with van der Waals surface area (Å²) >= 11 is 0. The summed E-state index contributed by atoms with van der Waals surface area (Å²) in [6, 6.07) is 0.155. The molecule has 2 aliphatic rings. The number of carboxylic acids is 1. The maximum Gasteiger partial charge on any atom is 0.320 e. The highest BCUT2D eigenvalue weighted by Crippen LogP contribution is 2.29. The fraction of sp³-hybridized carbons (Fsp3) is 0.929. The van der Waals surface area contributed by atoms with E-state index in [0.29, 0.717) is 6.04 Å². The van der Waals surface area contributed by atoms with Gasteiger partial charge in [0.1, 0.15) is 6.04 Å². The first-order chi connectivity index (χ1) is 8.27. The summed E-state index contributed by atoms with van der Waals surface area (Å²) in [6.45, 7) is 0. The summed E-state index contributed by atoms with van der Waals surface area (Å²) in [5, 5.41) is 12.6. The highest BCUT2D eigenvalue weighted by molar-refractivity contribution is 5.73. The van der Waals surface area contributed by atoms with Crippen LogP contribution in [0.4, 0.5) is 0 Å². The average molecular weight is 239 g/mol. The predicted octanol–water partition coefficient (Wildman–Crippen LogP) is 2.94. The van der Waals surface area contributed by atoms with Gasteiger partial charge in [0.2, 0.25) is 0 Å². The molecule has 2 atom stereocenters. The molecule has 2 fully saturated rings. The quantitative estimate of drug-likeness (QED) is 0.728. The summed E-state index contributed by atoms with van der Waals surface area (Å²) in [5.41, 5.74) is 0. The van der Waals surface area contributed by atoms with Gasteiger partial charge in [-0.2, -0.15) is 0 Å². The second kappa shape index (κ2) is 6.39. The van der Waals surface area contributed by atoms with Crippen LogP contribution in [0.5, 0.6) is 0 Å². The number of carbonyl (C=O) groups is 1. The molecule has 0 aromatic rings. The van der Waals surface area contributed by atoms with Crippen molar-refractivity contribution in [2.75, 3.05) is 0 Å². The van der Waals surface area contributed by atoms with Crippen molar-refractivity contribution in [1.82, 2.24) is 5.32 Å². The van der Waals surface area contributed by atoms with Gasteiger partial charge in [-0.25, -0.2) is 0 Å². The first-order valence-corrected chi connectivity index (χ1v) is 7.26. The summed E-state index contributed by atoms with van der Waals surface area (Å²) in [7, 11) is 0. The highest BCUT2D eigenvalue weighted by atomic mass is 16.4. The van der Waals surface area contributed by atoms with Crippen LogP contribution in [-0.2, 0) is 4.79 Å². The van der Waals surface area contributed by atoms with E-state index in [-0.39, 0.29) is 6.04 Å². The molecule has 1 saturated carbocycles. The van der Waals surface area contributed by atoms with E-state index in [4.69, 9.17) is 0 Å². The highest BCUT2D eigenvalue weighted by Gasteiger charge is 2.29. The van der Waals surface area contributed by atoms with Crippen molar-refractivity contribution in [2.24, 2.45) is 5.92 Å². The fourth-order valence-corrected chi connectivity index (χ4v) is 3.42. The standard InChI is InChI=1S/C14H25NO2/c16-14(17)13-10-6-5-9-12(15-13)11-7-3-1-2-4-8-11/h11-13,15H,1-10H2,(H,16,17). The van der Waals surface area contributed by atoms with Gasteiger partial charge < -0.3 is 10.4 Å². The van der Waals surface area contributed by atoms with Crippen LogP contribution in [0.1, 0.15) is 64.2 Å². The third kappa shape index (κ3) is 3.70. The first-order valence-electron chi connectivity index (χ1n) is 7.26. The Morgan fingerprint density at radius 3 is 2.12 bits per heavy atom. The maximum atomic E-state index is 11.1. The average Bonchev–Trinajstić information content (AvgIpc) is 2.71. The van der Waals surface area contributed by atoms with Crippen molar-refractivity contribution < 1.29 is 9.90 Å². The van der Waals surface area contributed by atoms with Crippen LogP contribution in [0.15, 0.2) is 0 Å². The van der Waals surface area contributed by atoms with Crippen LogP contribution in [0.2, 0.25) is 0 Å². The number of hydrogen-bond donors (Lipinski definition) is 2. The van der Waals surface area contributed by atoms with Crippen LogP contribution >= 0.6 is 0 Å². The third-order valence-electron chi connectivity index (χ3n) is 4.44. The molecule has 0 aromatic heterocycles. The largest absolute Gasteiger partial charge is 0.480 e. The van der Waals surface area contributed by atoms with Gasteiger partial charge in [0, 0.05) is 6.04 Å². The molecule has 3 nitrogen and oxygen atoms in total. The Labute approximate surface area is 104 Å². The van der Waals surface area contributed by atoms with Gasteiger partial charge in [-0.3, -0.25) is 4.79 Å². The molecule has 1 heterocycles. The molecular weight excluding hydrogens is 214 g/mol. The van der Waals surface area contributed by atoms with Crippen molar-refractivity contribution in [3.8, 4) is 0 Å². The lowest BCUT2D eigenvalue weighted by molar-refractivity contribution is -0.139. The van der Waals surface area contributed by atoms with Gasteiger partial charge in [-0.05, 0) is 31.6 Å². The molecule has 0 spiro atoms. The fourth-order valence-electron chi connectivity index (χ4n) is 3.42. The predicted molar refractivity (Wildman–Crippen MR) is 68.0 cm³/mol. The Kier molecular flexibility index (Phi) is 4.84. The molecule has 0 bridgehead atoms. The Balaban J connectivity index is 1.94. The molecule has 0 amide bonds. The van der Waals surface area contributed by atoms with E-state index in [0.717, 1.165) is 18.8 Å². The number of aliphatic carboxylic acids is 1. The van der Waals surface area contributed by atoms with E-state index >= 15 is 0 Å². The Bertz CT molecular complexity index is 247. The summed E-state index contributed by atoms with van der Waals surface area (Å²) in [4.78, 5) is 11.1. The molecule has 1 saturated heterocycles. The van der Waals surface area contributed by atoms with Crippen molar-refractivity contribution >= 4 is 5.97 Å². The van der Waals surface area contributed by atoms with E-state index in [9.17, 15) is 9.90 Å². The minimum atomic E-state index is -0.662. The number of hydrogen-bond acceptors (Lipinski definition) is 2. The molecule has 2 unspecified atom stereocenters. The van der Waals surface area contributed by atoms with Crippen molar-refractivity contribution in [3.05, 3.63) is 0 Å². The van der Waals surface area contributed by atoms with Crippen LogP contribution in [0, 0.1) is 5.92 Å². The monoisotopic (exact) mass is 239 g/mol. The van der Waals surface area contributed by atoms with Gasteiger partial charge >= 0.3 is 5.97 Å². The first kappa shape index (κ1) is 12.9. The molecule has 98 valence electrons. The van der Waals surface area contributed by atoms with Gasteiger partial charge in [-0.1, -0.05) is 38.5 Å². The minimum Gasteiger partial charge on any atom is -0.480 e. The zero-order valence-electron chi connectivity index (χ0n) is 10.7. The van der Waals surface area contributed by atoms with Crippen molar-refractivity contribution in [2.45, 2.75) is 76.3 Å². The minimum absolute atomic E-state index is 0.300. The van der Waals surface area contributed by atoms with Crippen LogP contribution in [-0.4, -0.2) is 23.2 Å². The molecule has 2 N–H and O–H groups in total. The molecule has 1 aliphatic heterocycles. The Morgan fingerprint density at radius 2 is 1.47 bits per heavy atom. The van der Waals surface area contributed by atoms with E-state index in [1.54, 1.807) is 0 Å². The molecule has 0 aromatic carbocycles. The van der Waals surface area contributed by atoms with Gasteiger partial charge in [0.15, 0.2) is 0 Å². The topological polar surface area (TPSA) is 49.3 Å². The van der Waals surface area contributed by atoms with Crippen LogP contribution in [0.3, 0.4) is 0 Å². The molecule has 3 heteroatoms. The summed E-state index contributed by atoms with van der Waals surface area (Å²) in [5.74, 6) is 0.0583. The van der Waals surface area contributed by atoms with Gasteiger partial charge in [0.05, 0.1) is 0 Å². The normalized spacial score (nSPS) is 32.7. The maximum absolute atomic E-state index is 11.1. The van der Waals surface area contributed by atoms with Crippen molar-refractivity contribution in [1.29, 1.82) is 0 Å². The number of nitrogens with one attached hydrogen (secondary N) is 1. The number of rotatable bonds is 2. The van der Waals surface area contributed by atoms with Crippen LogP contribution in [0.25, 0.3) is 0 Å². The lowest BCUT2D eigenvalue weighted by atomic mass is 9.89. The summed E-state index contributed by atoms with van der Waals surface area (Å²) < 4.78 is 0. The molecule has 2 rings (SSSR count). The summed E-state index contributed by atoms with van der Waals surface area (Å²) in [6.07, 6.45) is 12.2. The molecular formula is C14H25NO2. The molecule has 0 radical (unpaired) electrons. The van der Waals surface area contributed by atoms with E-state index in [1.807, 2.05) is 0 Å². The third-order valence-corrected chi connectivity index (χ3v) is 4.44. The zero-order valence-corrected chi connectivity index (χ0v) is 10.7.